The number of halogens is 1. The van der Waals surface area contributed by atoms with Crippen LogP contribution in [0.15, 0.2) is 41.7 Å². The van der Waals surface area contributed by atoms with Gasteiger partial charge in [-0.15, -0.1) is 0 Å². The van der Waals surface area contributed by atoms with Gasteiger partial charge in [-0.2, -0.15) is 0 Å². The maximum Gasteiger partial charge on any atom is 0.170 e. The molecule has 0 atom stereocenters. The summed E-state index contributed by atoms with van der Waals surface area (Å²) in [5.74, 6) is -0.541. The van der Waals surface area contributed by atoms with E-state index in [1.54, 1.807) is 12.3 Å². The van der Waals surface area contributed by atoms with Crippen molar-refractivity contribution in [3.63, 3.8) is 0 Å². The number of rotatable bonds is 5. The van der Waals surface area contributed by atoms with Crippen LogP contribution in [0.2, 0.25) is 0 Å². The Morgan fingerprint density at radius 2 is 2.19 bits per heavy atom. The van der Waals surface area contributed by atoms with E-state index in [1.165, 1.54) is 12.1 Å². The first-order valence-corrected chi connectivity index (χ1v) is 6.48. The van der Waals surface area contributed by atoms with Crippen molar-refractivity contribution in [2.45, 2.75) is 20.0 Å². The van der Waals surface area contributed by atoms with E-state index in [2.05, 4.69) is 15.5 Å². The van der Waals surface area contributed by atoms with E-state index in [9.17, 15) is 4.39 Å². The van der Waals surface area contributed by atoms with E-state index >= 15 is 0 Å². The smallest absolute Gasteiger partial charge is 0.170 e. The Hall–Kier alpha value is -2.47. The lowest BCUT2D eigenvalue weighted by Gasteiger charge is -2.08. The molecule has 0 saturated heterocycles. The van der Waals surface area contributed by atoms with Gasteiger partial charge >= 0.3 is 0 Å². The highest BCUT2D eigenvalue weighted by Crippen LogP contribution is 2.10. The first-order chi connectivity index (χ1) is 10.1. The number of nitrogens with one attached hydrogen (secondary N) is 1. The van der Waals surface area contributed by atoms with Crippen LogP contribution in [0.4, 0.5) is 4.39 Å². The maximum atomic E-state index is 13.5. The van der Waals surface area contributed by atoms with Crippen molar-refractivity contribution in [2.24, 2.45) is 10.9 Å². The number of benzene rings is 1. The Bertz CT molecular complexity index is 658. The number of nitrogens with two attached hydrogens (primary N) is 1. The Labute approximate surface area is 122 Å². The van der Waals surface area contributed by atoms with Gasteiger partial charge in [-0.1, -0.05) is 11.2 Å². The highest BCUT2D eigenvalue weighted by atomic mass is 19.1. The first-order valence-electron chi connectivity index (χ1n) is 6.48. The van der Waals surface area contributed by atoms with Gasteiger partial charge in [-0.3, -0.25) is 4.98 Å². The van der Waals surface area contributed by atoms with Crippen molar-refractivity contribution in [1.29, 1.82) is 0 Å². The molecule has 110 valence electrons. The molecule has 0 unspecified atom stereocenters. The van der Waals surface area contributed by atoms with Crippen LogP contribution in [0, 0.1) is 12.7 Å². The van der Waals surface area contributed by atoms with E-state index in [4.69, 9.17) is 10.9 Å². The fourth-order valence-electron chi connectivity index (χ4n) is 1.99. The van der Waals surface area contributed by atoms with Crippen LogP contribution >= 0.6 is 0 Å². The van der Waals surface area contributed by atoms with E-state index in [-0.39, 0.29) is 5.84 Å². The van der Waals surface area contributed by atoms with Crippen molar-refractivity contribution < 1.29 is 9.60 Å². The van der Waals surface area contributed by atoms with Gasteiger partial charge in [0.15, 0.2) is 5.84 Å². The lowest BCUT2D eigenvalue weighted by Crippen LogP contribution is -2.17. The molecule has 0 bridgehead atoms. The van der Waals surface area contributed by atoms with Gasteiger partial charge in [0.05, 0.1) is 5.69 Å². The van der Waals surface area contributed by atoms with Crippen LogP contribution in [-0.2, 0) is 13.1 Å². The lowest BCUT2D eigenvalue weighted by molar-refractivity contribution is 0.318. The second-order valence-corrected chi connectivity index (χ2v) is 4.70. The highest BCUT2D eigenvalue weighted by Gasteiger charge is 2.05. The zero-order chi connectivity index (χ0) is 15.2. The first kappa shape index (κ1) is 14.9. The fraction of sp³-hybridized carbons (Fsp3) is 0.200. The van der Waals surface area contributed by atoms with Gasteiger partial charge in [0, 0.05) is 24.8 Å². The monoisotopic (exact) mass is 288 g/mol. The molecule has 6 heteroatoms. The van der Waals surface area contributed by atoms with Crippen LogP contribution in [0.25, 0.3) is 0 Å². The molecule has 0 radical (unpaired) electrons. The van der Waals surface area contributed by atoms with Crippen molar-refractivity contribution in [3.8, 4) is 0 Å². The van der Waals surface area contributed by atoms with Crippen LogP contribution in [0.3, 0.4) is 0 Å². The summed E-state index contributed by atoms with van der Waals surface area (Å²) in [6.07, 6.45) is 1.74. The van der Waals surface area contributed by atoms with Crippen molar-refractivity contribution in [1.82, 2.24) is 10.3 Å². The molecule has 0 fully saturated rings. The predicted octanol–water partition coefficient (Wildman–Crippen LogP) is 1.91. The van der Waals surface area contributed by atoms with Gasteiger partial charge in [-0.25, -0.2) is 4.39 Å². The van der Waals surface area contributed by atoms with E-state index < -0.39 is 5.82 Å². The van der Waals surface area contributed by atoms with Crippen molar-refractivity contribution >= 4 is 5.84 Å². The minimum absolute atomic E-state index is 0.115. The molecular formula is C15H17FN4O. The molecule has 1 heterocycles. The number of nitrogens with zero attached hydrogens (tertiary/aromatic N) is 2. The third kappa shape index (κ3) is 4.00. The molecule has 0 aliphatic heterocycles. The topological polar surface area (TPSA) is 83.5 Å². The summed E-state index contributed by atoms with van der Waals surface area (Å²) < 4.78 is 13.5. The molecule has 1 aromatic heterocycles. The van der Waals surface area contributed by atoms with E-state index in [1.807, 2.05) is 19.1 Å². The second kappa shape index (κ2) is 6.81. The molecule has 5 nitrogen and oxygen atoms in total. The average Bonchev–Trinajstić information content (AvgIpc) is 2.48. The number of hydrogen-bond donors (Lipinski definition) is 3. The Balaban J connectivity index is 2.04. The number of pyridine rings is 1. The molecule has 1 aromatic carbocycles. The standard InChI is InChI=1S/C15H17FN4O/c1-10-3-2-4-19-14(10)9-18-8-11-5-12(15(17)20-21)7-13(16)6-11/h2-7,18,21H,8-9H2,1H3,(H2,17,20). The van der Waals surface area contributed by atoms with Crippen molar-refractivity contribution in [3.05, 3.63) is 64.7 Å². The van der Waals surface area contributed by atoms with Gasteiger partial charge in [0.25, 0.3) is 0 Å². The van der Waals surface area contributed by atoms with Crippen LogP contribution in [-0.4, -0.2) is 16.0 Å². The normalized spacial score (nSPS) is 11.6. The largest absolute Gasteiger partial charge is 0.409 e. The third-order valence-corrected chi connectivity index (χ3v) is 3.10. The third-order valence-electron chi connectivity index (χ3n) is 3.10. The van der Waals surface area contributed by atoms with Gasteiger partial charge in [0.1, 0.15) is 5.82 Å². The SMILES string of the molecule is Cc1cccnc1CNCc1cc(F)cc(/C(N)=N/O)c1. The minimum Gasteiger partial charge on any atom is -0.409 e. The maximum absolute atomic E-state index is 13.5. The molecular weight excluding hydrogens is 271 g/mol. The number of aryl methyl sites for hydroxylation is 1. The zero-order valence-electron chi connectivity index (χ0n) is 11.7. The number of amidine groups is 1. The second-order valence-electron chi connectivity index (χ2n) is 4.70. The van der Waals surface area contributed by atoms with E-state index in [0.29, 0.717) is 24.2 Å². The molecule has 0 aliphatic rings. The Morgan fingerprint density at radius 1 is 1.38 bits per heavy atom. The van der Waals surface area contributed by atoms with Crippen LogP contribution < -0.4 is 11.1 Å². The Morgan fingerprint density at radius 3 is 2.90 bits per heavy atom. The van der Waals surface area contributed by atoms with Crippen LogP contribution in [0.5, 0.6) is 0 Å². The molecule has 2 aromatic rings. The van der Waals surface area contributed by atoms with Crippen LogP contribution in [0.1, 0.15) is 22.4 Å². The molecule has 0 amide bonds. The van der Waals surface area contributed by atoms with Gasteiger partial charge < -0.3 is 16.3 Å². The van der Waals surface area contributed by atoms with Gasteiger partial charge in [-0.05, 0) is 42.3 Å². The molecule has 2 rings (SSSR count). The molecule has 0 spiro atoms. The minimum atomic E-state index is -0.426. The Kier molecular flexibility index (Phi) is 4.84. The zero-order valence-corrected chi connectivity index (χ0v) is 11.7. The van der Waals surface area contributed by atoms with Crippen molar-refractivity contribution in [2.75, 3.05) is 0 Å². The number of oxime groups is 1. The summed E-state index contributed by atoms with van der Waals surface area (Å²) in [6.45, 7) is 3.03. The summed E-state index contributed by atoms with van der Waals surface area (Å²) in [5, 5.41) is 14.7. The average molecular weight is 288 g/mol. The fourth-order valence-corrected chi connectivity index (χ4v) is 1.99. The predicted molar refractivity (Wildman–Crippen MR) is 78.4 cm³/mol. The quantitative estimate of drug-likeness (QED) is 0.340. The summed E-state index contributed by atoms with van der Waals surface area (Å²) >= 11 is 0. The molecule has 21 heavy (non-hydrogen) atoms. The summed E-state index contributed by atoms with van der Waals surface area (Å²) in [5.41, 5.74) is 8.59. The van der Waals surface area contributed by atoms with E-state index in [0.717, 1.165) is 11.3 Å². The molecule has 4 N–H and O–H groups in total. The summed E-state index contributed by atoms with van der Waals surface area (Å²) in [6, 6.07) is 8.18. The van der Waals surface area contributed by atoms with Gasteiger partial charge in [0.2, 0.25) is 0 Å². The molecule has 0 aliphatic carbocycles. The summed E-state index contributed by atoms with van der Waals surface area (Å²) in [4.78, 5) is 4.28. The molecule has 0 saturated carbocycles. The highest BCUT2D eigenvalue weighted by molar-refractivity contribution is 5.97. The summed E-state index contributed by atoms with van der Waals surface area (Å²) in [7, 11) is 0. The number of hydrogen-bond acceptors (Lipinski definition) is 4. The number of aromatic nitrogens is 1. The lowest BCUT2D eigenvalue weighted by atomic mass is 10.1.